The van der Waals surface area contributed by atoms with E-state index in [1.165, 1.54) is 27.5 Å². The SMILES string of the molecule is CCNC(c1ccncc1C)c1cccc2cnccc12. The van der Waals surface area contributed by atoms with Crippen LogP contribution in [0.2, 0.25) is 0 Å². The van der Waals surface area contributed by atoms with Crippen LogP contribution >= 0.6 is 0 Å². The number of benzene rings is 1. The fourth-order valence-electron chi connectivity index (χ4n) is 2.80. The van der Waals surface area contributed by atoms with Crippen molar-refractivity contribution >= 4 is 10.8 Å². The third-order valence-corrected chi connectivity index (χ3v) is 3.81. The minimum absolute atomic E-state index is 0.170. The summed E-state index contributed by atoms with van der Waals surface area (Å²) in [6.07, 6.45) is 7.56. The predicted octanol–water partition coefficient (Wildman–Crippen LogP) is 3.64. The quantitative estimate of drug-likeness (QED) is 0.791. The van der Waals surface area contributed by atoms with Crippen molar-refractivity contribution in [3.63, 3.8) is 0 Å². The van der Waals surface area contributed by atoms with Crippen molar-refractivity contribution in [1.29, 1.82) is 0 Å². The predicted molar refractivity (Wildman–Crippen MR) is 86.2 cm³/mol. The molecular weight excluding hydrogens is 258 g/mol. The highest BCUT2D eigenvalue weighted by molar-refractivity contribution is 5.85. The standard InChI is InChI=1S/C18H19N3/c1-3-21-18(15-7-9-19-11-13(15)2)17-6-4-5-14-12-20-10-8-16(14)17/h4-12,18,21H,3H2,1-2H3. The van der Waals surface area contributed by atoms with Gasteiger partial charge in [0.05, 0.1) is 6.04 Å². The topological polar surface area (TPSA) is 37.8 Å². The molecule has 1 N–H and O–H groups in total. The van der Waals surface area contributed by atoms with Crippen molar-refractivity contribution in [2.24, 2.45) is 0 Å². The molecule has 2 heterocycles. The number of nitrogens with one attached hydrogen (secondary N) is 1. The Morgan fingerprint density at radius 3 is 2.62 bits per heavy atom. The van der Waals surface area contributed by atoms with Gasteiger partial charge in [0.1, 0.15) is 0 Å². The normalized spacial score (nSPS) is 12.5. The summed E-state index contributed by atoms with van der Waals surface area (Å²) in [7, 11) is 0. The maximum atomic E-state index is 4.22. The third-order valence-electron chi connectivity index (χ3n) is 3.81. The fourth-order valence-corrected chi connectivity index (χ4v) is 2.80. The van der Waals surface area contributed by atoms with Crippen LogP contribution in [-0.4, -0.2) is 16.5 Å². The van der Waals surface area contributed by atoms with E-state index in [1.54, 1.807) is 0 Å². The Kier molecular flexibility index (Phi) is 3.93. The van der Waals surface area contributed by atoms with Gasteiger partial charge in [0.25, 0.3) is 0 Å². The number of hydrogen-bond donors (Lipinski definition) is 1. The van der Waals surface area contributed by atoms with Gasteiger partial charge in [-0.3, -0.25) is 9.97 Å². The van der Waals surface area contributed by atoms with Gasteiger partial charge in [0.15, 0.2) is 0 Å². The van der Waals surface area contributed by atoms with Crippen LogP contribution in [0.15, 0.2) is 55.1 Å². The molecule has 0 radical (unpaired) electrons. The average Bonchev–Trinajstić information content (AvgIpc) is 2.53. The monoisotopic (exact) mass is 277 g/mol. The lowest BCUT2D eigenvalue weighted by Crippen LogP contribution is -2.23. The van der Waals surface area contributed by atoms with E-state index < -0.39 is 0 Å². The van der Waals surface area contributed by atoms with Crippen LogP contribution in [-0.2, 0) is 0 Å². The molecule has 0 saturated heterocycles. The van der Waals surface area contributed by atoms with Crippen LogP contribution in [0.4, 0.5) is 0 Å². The van der Waals surface area contributed by atoms with Gasteiger partial charge >= 0.3 is 0 Å². The molecule has 3 nitrogen and oxygen atoms in total. The van der Waals surface area contributed by atoms with Gasteiger partial charge in [0.2, 0.25) is 0 Å². The van der Waals surface area contributed by atoms with E-state index in [2.05, 4.69) is 59.5 Å². The molecule has 0 aliphatic rings. The first-order chi connectivity index (χ1) is 10.3. The van der Waals surface area contributed by atoms with Crippen LogP contribution in [0.5, 0.6) is 0 Å². The Balaban J connectivity index is 2.19. The number of rotatable bonds is 4. The van der Waals surface area contributed by atoms with E-state index in [9.17, 15) is 0 Å². The minimum Gasteiger partial charge on any atom is -0.307 e. The van der Waals surface area contributed by atoms with Crippen molar-refractivity contribution in [1.82, 2.24) is 15.3 Å². The van der Waals surface area contributed by atoms with E-state index in [0.29, 0.717) is 0 Å². The highest BCUT2D eigenvalue weighted by atomic mass is 14.9. The third kappa shape index (κ3) is 2.65. The molecule has 0 aliphatic heterocycles. The summed E-state index contributed by atoms with van der Waals surface area (Å²) >= 11 is 0. The molecule has 0 fully saturated rings. The first-order valence-corrected chi connectivity index (χ1v) is 7.27. The molecular formula is C18H19N3. The van der Waals surface area contributed by atoms with Crippen molar-refractivity contribution in [2.75, 3.05) is 6.54 Å². The summed E-state index contributed by atoms with van der Waals surface area (Å²) in [5.41, 5.74) is 3.76. The van der Waals surface area contributed by atoms with Gasteiger partial charge in [-0.25, -0.2) is 0 Å². The second-order valence-corrected chi connectivity index (χ2v) is 5.17. The summed E-state index contributed by atoms with van der Waals surface area (Å²) in [6.45, 7) is 5.16. The van der Waals surface area contributed by atoms with E-state index in [0.717, 1.165) is 6.54 Å². The smallest absolute Gasteiger partial charge is 0.0586 e. The molecule has 1 unspecified atom stereocenters. The van der Waals surface area contributed by atoms with Crippen LogP contribution < -0.4 is 5.32 Å². The first kappa shape index (κ1) is 13.7. The van der Waals surface area contributed by atoms with Crippen molar-refractivity contribution in [3.05, 3.63) is 71.8 Å². The lowest BCUT2D eigenvalue weighted by molar-refractivity contribution is 0.630. The number of pyridine rings is 2. The highest BCUT2D eigenvalue weighted by Crippen LogP contribution is 2.29. The zero-order valence-electron chi connectivity index (χ0n) is 12.4. The number of aromatic nitrogens is 2. The molecule has 0 saturated carbocycles. The fraction of sp³-hybridized carbons (Fsp3) is 0.222. The van der Waals surface area contributed by atoms with Gasteiger partial charge in [-0.15, -0.1) is 0 Å². The molecule has 1 atom stereocenters. The van der Waals surface area contributed by atoms with Crippen molar-refractivity contribution in [2.45, 2.75) is 19.9 Å². The minimum atomic E-state index is 0.170. The lowest BCUT2D eigenvalue weighted by Gasteiger charge is -2.22. The number of fused-ring (bicyclic) bond motifs is 1. The maximum Gasteiger partial charge on any atom is 0.0586 e. The second-order valence-electron chi connectivity index (χ2n) is 5.17. The van der Waals surface area contributed by atoms with Crippen molar-refractivity contribution in [3.8, 4) is 0 Å². The molecule has 21 heavy (non-hydrogen) atoms. The second kappa shape index (κ2) is 6.02. The molecule has 106 valence electrons. The van der Waals surface area contributed by atoms with Crippen LogP contribution in [0.3, 0.4) is 0 Å². The average molecular weight is 277 g/mol. The first-order valence-electron chi connectivity index (χ1n) is 7.27. The van der Waals surface area contributed by atoms with Crippen LogP contribution in [0.1, 0.15) is 29.7 Å². The molecule has 1 aromatic carbocycles. The number of hydrogen-bond acceptors (Lipinski definition) is 3. The van der Waals surface area contributed by atoms with Gasteiger partial charge in [-0.05, 0) is 47.7 Å². The Morgan fingerprint density at radius 2 is 1.81 bits per heavy atom. The summed E-state index contributed by atoms with van der Waals surface area (Å²) in [5, 5.41) is 6.02. The maximum absolute atomic E-state index is 4.22. The Labute approximate surface area is 125 Å². The zero-order valence-corrected chi connectivity index (χ0v) is 12.4. The lowest BCUT2D eigenvalue weighted by atomic mass is 9.93. The molecule has 3 rings (SSSR count). The van der Waals surface area contributed by atoms with E-state index in [4.69, 9.17) is 0 Å². The summed E-state index contributed by atoms with van der Waals surface area (Å²) in [6, 6.07) is 10.8. The molecule has 0 aliphatic carbocycles. The van der Waals surface area contributed by atoms with Gasteiger partial charge in [-0.2, -0.15) is 0 Å². The zero-order chi connectivity index (χ0) is 14.7. The summed E-state index contributed by atoms with van der Waals surface area (Å²) in [5.74, 6) is 0. The Morgan fingerprint density at radius 1 is 1.00 bits per heavy atom. The Hall–Kier alpha value is -2.26. The highest BCUT2D eigenvalue weighted by Gasteiger charge is 2.17. The molecule has 3 heteroatoms. The Bertz CT molecular complexity index is 747. The van der Waals surface area contributed by atoms with Crippen LogP contribution in [0, 0.1) is 6.92 Å². The molecule has 3 aromatic rings. The van der Waals surface area contributed by atoms with E-state index in [1.807, 2.05) is 24.8 Å². The van der Waals surface area contributed by atoms with E-state index in [-0.39, 0.29) is 6.04 Å². The summed E-state index contributed by atoms with van der Waals surface area (Å²) in [4.78, 5) is 8.42. The molecule has 2 aromatic heterocycles. The van der Waals surface area contributed by atoms with Gasteiger partial charge in [0, 0.05) is 30.2 Å². The largest absolute Gasteiger partial charge is 0.307 e. The number of nitrogens with zero attached hydrogens (tertiary/aromatic N) is 2. The van der Waals surface area contributed by atoms with Gasteiger partial charge in [-0.1, -0.05) is 25.1 Å². The van der Waals surface area contributed by atoms with E-state index >= 15 is 0 Å². The molecule has 0 spiro atoms. The van der Waals surface area contributed by atoms with Gasteiger partial charge < -0.3 is 5.32 Å². The van der Waals surface area contributed by atoms with Crippen molar-refractivity contribution < 1.29 is 0 Å². The van der Waals surface area contributed by atoms with Crippen LogP contribution in [0.25, 0.3) is 10.8 Å². The number of aryl methyl sites for hydroxylation is 1. The molecule has 0 bridgehead atoms. The summed E-state index contributed by atoms with van der Waals surface area (Å²) < 4.78 is 0. The molecule has 0 amide bonds.